The predicted molar refractivity (Wildman–Crippen MR) is 53.9 cm³/mol. The Morgan fingerprint density at radius 1 is 1.20 bits per heavy atom. The largest absolute Gasteiger partial charge is 0.463 e. The number of furan rings is 1. The van der Waals surface area contributed by atoms with Crippen molar-refractivity contribution in [3.63, 3.8) is 0 Å². The van der Waals surface area contributed by atoms with Crippen LogP contribution in [0.4, 0.5) is 5.82 Å². The molecule has 5 nitrogen and oxygen atoms in total. The summed E-state index contributed by atoms with van der Waals surface area (Å²) in [6.07, 6.45) is 1.59. The van der Waals surface area contributed by atoms with Crippen molar-refractivity contribution in [2.45, 2.75) is 0 Å². The van der Waals surface area contributed by atoms with Gasteiger partial charge in [-0.2, -0.15) is 0 Å². The molecule has 0 spiro atoms. The van der Waals surface area contributed by atoms with Gasteiger partial charge in [-0.1, -0.05) is 5.16 Å². The van der Waals surface area contributed by atoms with Crippen molar-refractivity contribution in [1.29, 1.82) is 0 Å². The number of hydrogen-bond donors (Lipinski definition) is 1. The number of rotatable bonds is 1. The monoisotopic (exact) mass is 201 g/mol. The first-order valence-electron chi connectivity index (χ1n) is 4.40. The van der Waals surface area contributed by atoms with Crippen molar-refractivity contribution >= 4 is 16.9 Å². The molecule has 0 atom stereocenters. The maximum absolute atomic E-state index is 5.58. The molecule has 0 aliphatic rings. The Labute approximate surface area is 84.5 Å². The smallest absolute Gasteiger partial charge is 0.260 e. The number of nitrogens with two attached hydrogens (primary N) is 1. The van der Waals surface area contributed by atoms with Crippen LogP contribution in [0.25, 0.3) is 22.6 Å². The SMILES string of the molecule is Nc1noc2nc(-c3ccco3)ccc12. The van der Waals surface area contributed by atoms with Crippen LogP contribution in [0, 0.1) is 0 Å². The summed E-state index contributed by atoms with van der Waals surface area (Å²) < 4.78 is 10.2. The highest BCUT2D eigenvalue weighted by atomic mass is 16.5. The molecule has 15 heavy (non-hydrogen) atoms. The summed E-state index contributed by atoms with van der Waals surface area (Å²) >= 11 is 0. The molecule has 0 unspecified atom stereocenters. The number of pyridine rings is 1. The van der Waals surface area contributed by atoms with E-state index in [2.05, 4.69) is 10.1 Å². The molecule has 3 aromatic rings. The molecule has 0 amide bonds. The summed E-state index contributed by atoms with van der Waals surface area (Å²) in [6.45, 7) is 0. The van der Waals surface area contributed by atoms with Crippen molar-refractivity contribution in [2.75, 3.05) is 5.73 Å². The Morgan fingerprint density at radius 3 is 2.93 bits per heavy atom. The number of anilines is 1. The van der Waals surface area contributed by atoms with Crippen LogP contribution in [-0.2, 0) is 0 Å². The summed E-state index contributed by atoms with van der Waals surface area (Å²) in [5.41, 5.74) is 6.69. The minimum absolute atomic E-state index is 0.350. The molecule has 0 bridgehead atoms. The van der Waals surface area contributed by atoms with Crippen LogP contribution in [0.1, 0.15) is 0 Å². The van der Waals surface area contributed by atoms with E-state index in [1.165, 1.54) is 0 Å². The molecule has 0 saturated carbocycles. The number of fused-ring (bicyclic) bond motifs is 1. The van der Waals surface area contributed by atoms with E-state index in [1.807, 2.05) is 18.2 Å². The fourth-order valence-electron chi connectivity index (χ4n) is 1.41. The molecule has 3 aromatic heterocycles. The van der Waals surface area contributed by atoms with Gasteiger partial charge in [0.2, 0.25) is 0 Å². The average Bonchev–Trinajstić information content (AvgIpc) is 2.88. The van der Waals surface area contributed by atoms with Crippen LogP contribution < -0.4 is 5.73 Å². The number of aromatic nitrogens is 2. The molecule has 74 valence electrons. The summed E-state index contributed by atoms with van der Waals surface area (Å²) in [7, 11) is 0. The molecule has 5 heteroatoms. The van der Waals surface area contributed by atoms with Crippen molar-refractivity contribution in [2.24, 2.45) is 0 Å². The first kappa shape index (κ1) is 8.05. The Hall–Kier alpha value is -2.30. The highest BCUT2D eigenvalue weighted by Crippen LogP contribution is 2.23. The van der Waals surface area contributed by atoms with Crippen LogP contribution in [0.5, 0.6) is 0 Å². The van der Waals surface area contributed by atoms with Crippen LogP contribution >= 0.6 is 0 Å². The van der Waals surface area contributed by atoms with Crippen LogP contribution in [0.15, 0.2) is 39.5 Å². The quantitative estimate of drug-likeness (QED) is 0.651. The summed E-state index contributed by atoms with van der Waals surface area (Å²) in [5, 5.41) is 4.34. The lowest BCUT2D eigenvalue weighted by Gasteiger charge is -1.94. The maximum Gasteiger partial charge on any atom is 0.260 e. The van der Waals surface area contributed by atoms with Crippen molar-refractivity contribution in [1.82, 2.24) is 10.1 Å². The second-order valence-corrected chi connectivity index (χ2v) is 3.09. The molecule has 0 aliphatic heterocycles. The Kier molecular flexibility index (Phi) is 1.53. The fourth-order valence-corrected chi connectivity index (χ4v) is 1.41. The molecule has 0 saturated heterocycles. The van der Waals surface area contributed by atoms with Gasteiger partial charge in [0.05, 0.1) is 11.6 Å². The van der Waals surface area contributed by atoms with E-state index in [1.54, 1.807) is 12.3 Å². The molecule has 2 N–H and O–H groups in total. The van der Waals surface area contributed by atoms with E-state index < -0.39 is 0 Å². The minimum atomic E-state index is 0.350. The summed E-state index contributed by atoms with van der Waals surface area (Å²) in [5.74, 6) is 1.04. The van der Waals surface area contributed by atoms with Gasteiger partial charge in [-0.25, -0.2) is 4.98 Å². The zero-order valence-corrected chi connectivity index (χ0v) is 7.68. The van der Waals surface area contributed by atoms with Crippen LogP contribution in [0.2, 0.25) is 0 Å². The molecule has 0 fully saturated rings. The van der Waals surface area contributed by atoms with Gasteiger partial charge in [0.25, 0.3) is 5.71 Å². The van der Waals surface area contributed by atoms with Crippen molar-refractivity contribution < 1.29 is 8.94 Å². The zero-order chi connectivity index (χ0) is 10.3. The standard InChI is InChI=1S/C10H7N3O2/c11-9-6-3-4-7(8-2-1-5-14-8)12-10(6)15-13-9/h1-5H,(H2,11,13). The number of nitrogen functional groups attached to an aromatic ring is 1. The Bertz CT molecular complexity index is 598. The van der Waals surface area contributed by atoms with Gasteiger partial charge in [0.1, 0.15) is 5.69 Å². The summed E-state index contributed by atoms with van der Waals surface area (Å²) in [6, 6.07) is 7.25. The second kappa shape index (κ2) is 2.84. The normalized spacial score (nSPS) is 10.9. The highest BCUT2D eigenvalue weighted by Gasteiger charge is 2.09. The van der Waals surface area contributed by atoms with Gasteiger partial charge in [0.15, 0.2) is 11.6 Å². The van der Waals surface area contributed by atoms with E-state index in [4.69, 9.17) is 14.7 Å². The molecule has 0 radical (unpaired) electrons. The van der Waals surface area contributed by atoms with Gasteiger partial charge in [0, 0.05) is 0 Å². The molecule has 3 rings (SSSR count). The first-order valence-corrected chi connectivity index (χ1v) is 4.40. The van der Waals surface area contributed by atoms with Gasteiger partial charge >= 0.3 is 0 Å². The van der Waals surface area contributed by atoms with E-state index in [0.29, 0.717) is 28.4 Å². The maximum atomic E-state index is 5.58. The Balaban J connectivity index is 2.23. The van der Waals surface area contributed by atoms with E-state index in [-0.39, 0.29) is 0 Å². The predicted octanol–water partition coefficient (Wildman–Crippen LogP) is 2.06. The molecule has 0 aromatic carbocycles. The lowest BCUT2D eigenvalue weighted by molar-refractivity contribution is 0.452. The van der Waals surface area contributed by atoms with E-state index in [0.717, 1.165) is 0 Å². The lowest BCUT2D eigenvalue weighted by atomic mass is 10.2. The zero-order valence-electron chi connectivity index (χ0n) is 7.68. The molecule has 0 aliphatic carbocycles. The van der Waals surface area contributed by atoms with Crippen molar-refractivity contribution in [3.8, 4) is 11.5 Å². The van der Waals surface area contributed by atoms with Crippen molar-refractivity contribution in [3.05, 3.63) is 30.5 Å². The fraction of sp³-hybridized carbons (Fsp3) is 0. The van der Waals surface area contributed by atoms with Crippen LogP contribution in [-0.4, -0.2) is 10.1 Å². The molecular formula is C10H7N3O2. The van der Waals surface area contributed by atoms with E-state index >= 15 is 0 Å². The van der Waals surface area contributed by atoms with Gasteiger partial charge in [-0.05, 0) is 24.3 Å². The topological polar surface area (TPSA) is 78.1 Å². The van der Waals surface area contributed by atoms with Gasteiger partial charge < -0.3 is 14.7 Å². The van der Waals surface area contributed by atoms with E-state index in [9.17, 15) is 0 Å². The summed E-state index contributed by atoms with van der Waals surface area (Å²) in [4.78, 5) is 4.24. The third-order valence-corrected chi connectivity index (χ3v) is 2.14. The number of hydrogen-bond acceptors (Lipinski definition) is 5. The van der Waals surface area contributed by atoms with Gasteiger partial charge in [-0.3, -0.25) is 0 Å². The van der Waals surface area contributed by atoms with Gasteiger partial charge in [-0.15, -0.1) is 0 Å². The molecular weight excluding hydrogens is 194 g/mol. The highest BCUT2D eigenvalue weighted by molar-refractivity contribution is 5.85. The third-order valence-electron chi connectivity index (χ3n) is 2.14. The first-order chi connectivity index (χ1) is 7.34. The third kappa shape index (κ3) is 1.17. The average molecular weight is 201 g/mol. The van der Waals surface area contributed by atoms with Crippen LogP contribution in [0.3, 0.4) is 0 Å². The number of nitrogens with zero attached hydrogens (tertiary/aromatic N) is 2. The molecule has 3 heterocycles. The lowest BCUT2D eigenvalue weighted by Crippen LogP contribution is -1.84. The Morgan fingerprint density at radius 2 is 2.13 bits per heavy atom. The second-order valence-electron chi connectivity index (χ2n) is 3.09. The minimum Gasteiger partial charge on any atom is -0.463 e.